The van der Waals surface area contributed by atoms with E-state index in [1.807, 2.05) is 24.3 Å². The van der Waals surface area contributed by atoms with Gasteiger partial charge in [-0.25, -0.2) is 5.06 Å². The quantitative estimate of drug-likeness (QED) is 0.591. The van der Waals surface area contributed by atoms with Crippen LogP contribution >= 0.6 is 0 Å². The lowest BCUT2D eigenvalue weighted by molar-refractivity contribution is -0.177. The molecule has 0 bridgehead atoms. The van der Waals surface area contributed by atoms with Crippen molar-refractivity contribution in [1.29, 1.82) is 0 Å². The Morgan fingerprint density at radius 3 is 2.04 bits per heavy atom. The van der Waals surface area contributed by atoms with Crippen molar-refractivity contribution in [3.8, 4) is 0 Å². The van der Waals surface area contributed by atoms with E-state index in [-0.39, 0.29) is 12.5 Å². The van der Waals surface area contributed by atoms with E-state index in [4.69, 9.17) is 0 Å². The van der Waals surface area contributed by atoms with Crippen LogP contribution in [0.3, 0.4) is 0 Å². The molecule has 1 saturated carbocycles. The zero-order valence-corrected chi connectivity index (χ0v) is 15.1. The Kier molecular flexibility index (Phi) is 4.82. The van der Waals surface area contributed by atoms with E-state index in [2.05, 4.69) is 29.6 Å². The Morgan fingerprint density at radius 1 is 1.04 bits per heavy atom. The molecule has 2 aromatic rings. The fourth-order valence-electron chi connectivity index (χ4n) is 2.75. The highest BCUT2D eigenvalue weighted by molar-refractivity contribution is 5.80. The summed E-state index contributed by atoms with van der Waals surface area (Å²) in [6.07, 6.45) is 2.63. The van der Waals surface area contributed by atoms with E-state index in [0.717, 1.165) is 27.9 Å². The Hall–Kier alpha value is -2.33. The molecular weight excluding hydrogens is 312 g/mol. The highest BCUT2D eigenvalue weighted by atomic mass is 16.5. The number of carbonyl (C=O) groups excluding carboxylic acids is 1. The number of hydroxylamine groups is 2. The molecule has 2 aromatic carbocycles. The summed E-state index contributed by atoms with van der Waals surface area (Å²) < 4.78 is 0. The maximum absolute atomic E-state index is 12.0. The molecule has 0 atom stereocenters. The molecule has 2 N–H and O–H groups in total. The van der Waals surface area contributed by atoms with Crippen LogP contribution in [0.4, 0.5) is 11.4 Å². The van der Waals surface area contributed by atoms with E-state index < -0.39 is 5.41 Å². The van der Waals surface area contributed by atoms with Crippen molar-refractivity contribution >= 4 is 17.3 Å². The zero-order chi connectivity index (χ0) is 18.0. The Morgan fingerprint density at radius 2 is 1.56 bits per heavy atom. The molecule has 0 spiro atoms. The normalized spacial score (nSPS) is 14.2. The maximum Gasteiger partial charge on any atom is 0.251 e. The first-order chi connectivity index (χ1) is 11.8. The van der Waals surface area contributed by atoms with Crippen LogP contribution in [0.25, 0.3) is 0 Å². The van der Waals surface area contributed by atoms with Crippen LogP contribution in [-0.4, -0.2) is 16.2 Å². The van der Waals surface area contributed by atoms with Crippen molar-refractivity contribution in [3.05, 3.63) is 59.7 Å². The molecule has 0 radical (unpaired) electrons. The van der Waals surface area contributed by atoms with Gasteiger partial charge >= 0.3 is 0 Å². The Balaban J connectivity index is 1.59. The second-order valence-corrected chi connectivity index (χ2v) is 7.83. The van der Waals surface area contributed by atoms with Gasteiger partial charge in [0.1, 0.15) is 0 Å². The fraction of sp³-hybridized carbons (Fsp3) is 0.381. The summed E-state index contributed by atoms with van der Waals surface area (Å²) in [7, 11) is 0. The molecule has 0 unspecified atom stereocenters. The zero-order valence-electron chi connectivity index (χ0n) is 15.1. The Bertz CT molecular complexity index is 726. The van der Waals surface area contributed by atoms with Crippen LogP contribution in [0.5, 0.6) is 0 Å². The first-order valence-electron chi connectivity index (χ1n) is 8.80. The van der Waals surface area contributed by atoms with E-state index in [1.165, 1.54) is 18.4 Å². The van der Waals surface area contributed by atoms with Gasteiger partial charge in [0.25, 0.3) is 5.91 Å². The van der Waals surface area contributed by atoms with E-state index in [1.54, 1.807) is 20.8 Å². The number of nitrogens with zero attached hydrogens (tertiary/aromatic N) is 1. The summed E-state index contributed by atoms with van der Waals surface area (Å²) in [5.41, 5.74) is 3.75. The summed E-state index contributed by atoms with van der Waals surface area (Å²) >= 11 is 0. The minimum atomic E-state index is -0.594. The Labute approximate surface area is 149 Å². The third-order valence-corrected chi connectivity index (χ3v) is 4.41. The highest BCUT2D eigenvalue weighted by Gasteiger charge is 2.26. The molecule has 4 nitrogen and oxygen atoms in total. The van der Waals surface area contributed by atoms with Crippen LogP contribution < -0.4 is 5.32 Å². The summed E-state index contributed by atoms with van der Waals surface area (Å²) in [4.78, 5) is 12.0. The molecule has 0 heterocycles. The SMILES string of the molecule is CC(C)(C)C(=O)N(O)Cc1ccc(Nc2ccc(C3CC3)cc2)cc1. The number of rotatable bonds is 5. The second-order valence-electron chi connectivity index (χ2n) is 7.83. The number of carbonyl (C=O) groups is 1. The van der Waals surface area contributed by atoms with E-state index in [9.17, 15) is 10.0 Å². The standard InChI is InChI=1S/C21H26N2O2/c1-21(2,3)20(24)23(25)14-15-4-10-18(11-5-15)22-19-12-8-17(9-13-19)16-6-7-16/h4-5,8-13,16,22,25H,6-7,14H2,1-3H3. The minimum absolute atomic E-state index is 0.187. The highest BCUT2D eigenvalue weighted by Crippen LogP contribution is 2.40. The van der Waals surface area contributed by atoms with Crippen molar-refractivity contribution in [3.63, 3.8) is 0 Å². The van der Waals surface area contributed by atoms with Gasteiger partial charge in [0.15, 0.2) is 0 Å². The summed E-state index contributed by atoms with van der Waals surface area (Å²) in [6.45, 7) is 5.56. The van der Waals surface area contributed by atoms with E-state index >= 15 is 0 Å². The summed E-state index contributed by atoms with van der Waals surface area (Å²) in [6, 6.07) is 16.4. The molecule has 0 aromatic heterocycles. The van der Waals surface area contributed by atoms with Gasteiger partial charge in [-0.1, -0.05) is 45.0 Å². The van der Waals surface area contributed by atoms with Crippen LogP contribution in [0.15, 0.2) is 48.5 Å². The molecule has 25 heavy (non-hydrogen) atoms. The maximum atomic E-state index is 12.0. The monoisotopic (exact) mass is 338 g/mol. The van der Waals surface area contributed by atoms with Gasteiger partial charge in [-0.15, -0.1) is 0 Å². The topological polar surface area (TPSA) is 52.6 Å². The number of hydrogen-bond donors (Lipinski definition) is 2. The average molecular weight is 338 g/mol. The van der Waals surface area contributed by atoms with Gasteiger partial charge < -0.3 is 5.32 Å². The van der Waals surface area contributed by atoms with Gasteiger partial charge in [-0.2, -0.15) is 0 Å². The van der Waals surface area contributed by atoms with Gasteiger partial charge in [-0.05, 0) is 54.2 Å². The van der Waals surface area contributed by atoms with E-state index in [0.29, 0.717) is 0 Å². The molecule has 1 aliphatic carbocycles. The van der Waals surface area contributed by atoms with Crippen molar-refractivity contribution in [2.45, 2.75) is 46.1 Å². The predicted molar refractivity (Wildman–Crippen MR) is 99.9 cm³/mol. The van der Waals surface area contributed by atoms with Crippen LogP contribution in [-0.2, 0) is 11.3 Å². The lowest BCUT2D eigenvalue weighted by atomic mass is 9.95. The van der Waals surface area contributed by atoms with Crippen LogP contribution in [0.1, 0.15) is 50.7 Å². The first-order valence-corrected chi connectivity index (χ1v) is 8.80. The minimum Gasteiger partial charge on any atom is -0.356 e. The summed E-state index contributed by atoms with van der Waals surface area (Å²) in [5.74, 6) is 0.482. The molecular formula is C21H26N2O2. The molecule has 1 amide bonds. The summed E-state index contributed by atoms with van der Waals surface area (Å²) in [5, 5.41) is 14.1. The van der Waals surface area contributed by atoms with Gasteiger partial charge in [-0.3, -0.25) is 10.0 Å². The number of amides is 1. The molecule has 0 saturated heterocycles. The number of benzene rings is 2. The number of anilines is 2. The lowest BCUT2D eigenvalue weighted by Gasteiger charge is -2.24. The van der Waals surface area contributed by atoms with Crippen molar-refractivity contribution in [1.82, 2.24) is 5.06 Å². The third kappa shape index (κ3) is 4.60. The number of hydrogen-bond acceptors (Lipinski definition) is 3. The van der Waals surface area contributed by atoms with Crippen molar-refractivity contribution in [2.75, 3.05) is 5.32 Å². The van der Waals surface area contributed by atoms with Gasteiger partial charge in [0.2, 0.25) is 0 Å². The molecule has 3 rings (SSSR count). The fourth-order valence-corrected chi connectivity index (χ4v) is 2.75. The predicted octanol–water partition coefficient (Wildman–Crippen LogP) is 5.07. The lowest BCUT2D eigenvalue weighted by Crippen LogP contribution is -2.36. The van der Waals surface area contributed by atoms with Crippen LogP contribution in [0, 0.1) is 5.41 Å². The smallest absolute Gasteiger partial charge is 0.251 e. The molecule has 132 valence electrons. The molecule has 1 fully saturated rings. The average Bonchev–Trinajstić information content (AvgIpc) is 3.41. The van der Waals surface area contributed by atoms with Crippen LogP contribution in [0.2, 0.25) is 0 Å². The first kappa shape index (κ1) is 17.5. The molecule has 4 heteroatoms. The van der Waals surface area contributed by atoms with Crippen molar-refractivity contribution in [2.24, 2.45) is 5.41 Å². The largest absolute Gasteiger partial charge is 0.356 e. The number of nitrogens with one attached hydrogen (secondary N) is 1. The second kappa shape index (κ2) is 6.89. The molecule has 1 aliphatic rings. The van der Waals surface area contributed by atoms with Gasteiger partial charge in [0, 0.05) is 16.8 Å². The van der Waals surface area contributed by atoms with Crippen molar-refractivity contribution < 1.29 is 10.0 Å². The molecule has 0 aliphatic heterocycles. The van der Waals surface area contributed by atoms with Gasteiger partial charge in [0.05, 0.1) is 6.54 Å². The third-order valence-electron chi connectivity index (χ3n) is 4.41.